The Morgan fingerprint density at radius 1 is 0.909 bits per heavy atom. The van der Waals surface area contributed by atoms with Gasteiger partial charge in [0.2, 0.25) is 0 Å². The number of benzene rings is 2. The number of aromatic hydroxyl groups is 1. The van der Waals surface area contributed by atoms with Gasteiger partial charge in [-0.15, -0.1) is 0 Å². The molecule has 33 heavy (non-hydrogen) atoms. The van der Waals surface area contributed by atoms with Crippen molar-refractivity contribution in [3.63, 3.8) is 0 Å². The Morgan fingerprint density at radius 3 is 2.27 bits per heavy atom. The van der Waals surface area contributed by atoms with Gasteiger partial charge in [0.15, 0.2) is 5.65 Å². The number of phenolic OH excluding ortho intramolecular Hbond substituents is 1. The lowest BCUT2D eigenvalue weighted by Crippen LogP contribution is -2.47. The highest BCUT2D eigenvalue weighted by Gasteiger charge is 2.18. The second kappa shape index (κ2) is 9.09. The summed E-state index contributed by atoms with van der Waals surface area (Å²) in [5.74, 6) is 0.726. The highest BCUT2D eigenvalue weighted by Crippen LogP contribution is 2.31. The van der Waals surface area contributed by atoms with Gasteiger partial charge in [0.1, 0.15) is 11.6 Å². The van der Waals surface area contributed by atoms with Gasteiger partial charge in [-0.3, -0.25) is 4.90 Å². The number of nitrogens with zero attached hydrogens (tertiary/aromatic N) is 5. The number of methoxy groups -OCH3 is 1. The van der Waals surface area contributed by atoms with Crippen LogP contribution in [0.4, 0.5) is 11.5 Å². The number of hydrogen-bond acceptors (Lipinski definition) is 7. The third kappa shape index (κ3) is 4.22. The Morgan fingerprint density at radius 2 is 1.58 bits per heavy atom. The molecule has 0 spiro atoms. The second-order valence-electron chi connectivity index (χ2n) is 8.27. The number of nitrogens with two attached hydrogens (primary N) is 1. The van der Waals surface area contributed by atoms with Gasteiger partial charge < -0.3 is 20.5 Å². The third-order valence-corrected chi connectivity index (χ3v) is 6.27. The van der Waals surface area contributed by atoms with Crippen molar-refractivity contribution in [2.45, 2.75) is 0 Å². The van der Waals surface area contributed by atoms with Crippen LogP contribution in [0.15, 0.2) is 60.9 Å². The largest absolute Gasteiger partial charge is 0.508 e. The van der Waals surface area contributed by atoms with E-state index in [1.165, 1.54) is 5.69 Å². The lowest BCUT2D eigenvalue weighted by Gasteiger charge is -2.36. The summed E-state index contributed by atoms with van der Waals surface area (Å²) in [5, 5.41) is 14.0. The SMILES string of the molecule is COCCN1CCN(c2ccc(-c3cnn4c(N)c(-c5ccc(O)cc5)cnc34)cc2)CC1. The van der Waals surface area contributed by atoms with E-state index in [4.69, 9.17) is 10.5 Å². The summed E-state index contributed by atoms with van der Waals surface area (Å²) in [5.41, 5.74) is 12.0. The quantitative estimate of drug-likeness (QED) is 0.472. The maximum Gasteiger partial charge on any atom is 0.165 e. The Bertz CT molecular complexity index is 1230. The first-order chi connectivity index (χ1) is 16.1. The molecule has 0 aliphatic carbocycles. The van der Waals surface area contributed by atoms with Crippen molar-refractivity contribution in [3.05, 3.63) is 60.9 Å². The molecule has 1 saturated heterocycles. The van der Waals surface area contributed by atoms with E-state index in [2.05, 4.69) is 44.1 Å². The summed E-state index contributed by atoms with van der Waals surface area (Å²) in [7, 11) is 1.75. The topological polar surface area (TPSA) is 92.2 Å². The van der Waals surface area contributed by atoms with E-state index in [1.54, 1.807) is 30.0 Å². The first-order valence-electron chi connectivity index (χ1n) is 11.1. The van der Waals surface area contributed by atoms with Crippen LogP contribution in [0.2, 0.25) is 0 Å². The van der Waals surface area contributed by atoms with Crippen LogP contribution in [0.1, 0.15) is 0 Å². The van der Waals surface area contributed by atoms with E-state index in [0.717, 1.165) is 67.2 Å². The summed E-state index contributed by atoms with van der Waals surface area (Å²) in [4.78, 5) is 9.51. The van der Waals surface area contributed by atoms with Gasteiger partial charge in [0.05, 0.1) is 12.8 Å². The minimum atomic E-state index is 0.212. The van der Waals surface area contributed by atoms with Crippen LogP contribution in [0.25, 0.3) is 27.9 Å². The van der Waals surface area contributed by atoms with Gasteiger partial charge >= 0.3 is 0 Å². The van der Waals surface area contributed by atoms with Gasteiger partial charge in [-0.05, 0) is 35.4 Å². The molecular formula is C25H28N6O2. The number of hydrogen-bond donors (Lipinski definition) is 2. The summed E-state index contributed by atoms with van der Waals surface area (Å²) in [6.07, 6.45) is 3.57. The van der Waals surface area contributed by atoms with Crippen molar-refractivity contribution >= 4 is 17.2 Å². The number of aromatic nitrogens is 3. The zero-order valence-electron chi connectivity index (χ0n) is 18.7. The van der Waals surface area contributed by atoms with Crippen LogP contribution >= 0.6 is 0 Å². The van der Waals surface area contributed by atoms with Gasteiger partial charge in [-0.1, -0.05) is 24.3 Å². The molecule has 0 bridgehead atoms. The van der Waals surface area contributed by atoms with Crippen molar-refractivity contribution in [2.75, 3.05) is 57.1 Å². The lowest BCUT2D eigenvalue weighted by molar-refractivity contribution is 0.144. The van der Waals surface area contributed by atoms with E-state index >= 15 is 0 Å². The zero-order valence-corrected chi connectivity index (χ0v) is 18.7. The van der Waals surface area contributed by atoms with Crippen molar-refractivity contribution < 1.29 is 9.84 Å². The van der Waals surface area contributed by atoms with E-state index in [0.29, 0.717) is 5.82 Å². The number of ether oxygens (including phenoxy) is 1. The second-order valence-corrected chi connectivity index (χ2v) is 8.27. The molecule has 8 nitrogen and oxygen atoms in total. The average Bonchev–Trinajstić information content (AvgIpc) is 3.29. The zero-order chi connectivity index (χ0) is 22.8. The predicted molar refractivity (Wildman–Crippen MR) is 130 cm³/mol. The molecule has 4 aromatic rings. The fourth-order valence-corrected chi connectivity index (χ4v) is 4.32. The van der Waals surface area contributed by atoms with E-state index in [1.807, 2.05) is 18.3 Å². The number of fused-ring (bicyclic) bond motifs is 1. The molecule has 0 radical (unpaired) electrons. The molecule has 0 amide bonds. The molecule has 170 valence electrons. The molecule has 8 heteroatoms. The van der Waals surface area contributed by atoms with Gasteiger partial charge in [-0.25, -0.2) is 4.98 Å². The number of rotatable bonds is 6. The number of nitrogen functional groups attached to an aromatic ring is 1. The molecule has 3 heterocycles. The highest BCUT2D eigenvalue weighted by molar-refractivity contribution is 5.82. The third-order valence-electron chi connectivity index (χ3n) is 6.27. The molecule has 2 aromatic heterocycles. The normalized spacial score (nSPS) is 14.8. The summed E-state index contributed by atoms with van der Waals surface area (Å²) >= 11 is 0. The molecule has 5 rings (SSSR count). The van der Waals surface area contributed by atoms with Gasteiger partial charge in [0, 0.05) is 62.8 Å². The first kappa shape index (κ1) is 21.2. The maximum atomic E-state index is 9.55. The van der Waals surface area contributed by atoms with Crippen molar-refractivity contribution in [2.24, 2.45) is 0 Å². The van der Waals surface area contributed by atoms with E-state index in [9.17, 15) is 5.11 Å². The molecule has 0 saturated carbocycles. The number of piperazine rings is 1. The van der Waals surface area contributed by atoms with Crippen LogP contribution in [-0.4, -0.2) is 71.0 Å². The molecule has 1 aliphatic heterocycles. The van der Waals surface area contributed by atoms with Gasteiger partial charge in [0.25, 0.3) is 0 Å². The summed E-state index contributed by atoms with van der Waals surface area (Å²) in [6, 6.07) is 15.5. The van der Waals surface area contributed by atoms with Gasteiger partial charge in [-0.2, -0.15) is 9.61 Å². The Hall–Kier alpha value is -3.62. The predicted octanol–water partition coefficient (Wildman–Crippen LogP) is 3.12. The standard InChI is InChI=1S/C25H28N6O2/c1-33-15-14-29-10-12-30(13-11-29)20-6-2-19(3-7-20)23-17-28-31-24(26)22(16-27-25(23)31)18-4-8-21(32)9-5-18/h2-9,16-17,32H,10-15,26H2,1H3. The minimum absolute atomic E-state index is 0.212. The van der Waals surface area contributed by atoms with Crippen LogP contribution in [0, 0.1) is 0 Å². The van der Waals surface area contributed by atoms with Crippen LogP contribution in [0.5, 0.6) is 5.75 Å². The molecule has 0 unspecified atom stereocenters. The number of phenols is 1. The lowest BCUT2D eigenvalue weighted by atomic mass is 10.1. The fourth-order valence-electron chi connectivity index (χ4n) is 4.32. The minimum Gasteiger partial charge on any atom is -0.508 e. The van der Waals surface area contributed by atoms with E-state index in [-0.39, 0.29) is 5.75 Å². The first-order valence-corrected chi connectivity index (χ1v) is 11.1. The van der Waals surface area contributed by atoms with Crippen molar-refractivity contribution in [1.29, 1.82) is 0 Å². The molecule has 0 atom stereocenters. The summed E-state index contributed by atoms with van der Waals surface area (Å²) < 4.78 is 6.86. The Balaban J connectivity index is 1.35. The van der Waals surface area contributed by atoms with Crippen molar-refractivity contribution in [3.8, 4) is 28.0 Å². The monoisotopic (exact) mass is 444 g/mol. The maximum absolute atomic E-state index is 9.55. The van der Waals surface area contributed by atoms with E-state index < -0.39 is 0 Å². The number of anilines is 2. The van der Waals surface area contributed by atoms with Crippen molar-refractivity contribution in [1.82, 2.24) is 19.5 Å². The Kier molecular flexibility index (Phi) is 5.85. The molecule has 1 aliphatic rings. The molecule has 2 aromatic carbocycles. The average molecular weight is 445 g/mol. The van der Waals surface area contributed by atoms with Crippen LogP contribution in [-0.2, 0) is 4.74 Å². The fraction of sp³-hybridized carbons (Fsp3) is 0.280. The Labute approximate surface area is 192 Å². The molecule has 1 fully saturated rings. The summed E-state index contributed by atoms with van der Waals surface area (Å²) in [6.45, 7) is 5.89. The molecular weight excluding hydrogens is 416 g/mol. The highest BCUT2D eigenvalue weighted by atomic mass is 16.5. The molecule has 3 N–H and O–H groups in total. The van der Waals surface area contributed by atoms with Crippen LogP contribution in [0.3, 0.4) is 0 Å². The smallest absolute Gasteiger partial charge is 0.165 e. The van der Waals surface area contributed by atoms with Crippen LogP contribution < -0.4 is 10.6 Å².